The number of anilines is 1. The number of rotatable bonds is 3. The van der Waals surface area contributed by atoms with E-state index in [1.54, 1.807) is 13.4 Å². The first-order valence-electron chi connectivity index (χ1n) is 7.08. The summed E-state index contributed by atoms with van der Waals surface area (Å²) in [6.07, 6.45) is 1.64. The molecule has 1 aliphatic rings. The summed E-state index contributed by atoms with van der Waals surface area (Å²) < 4.78 is 5.26. The summed E-state index contributed by atoms with van der Waals surface area (Å²) >= 11 is 0. The highest BCUT2D eigenvalue weighted by atomic mass is 16.5. The molecule has 3 rings (SSSR count). The van der Waals surface area contributed by atoms with Crippen molar-refractivity contribution in [2.24, 2.45) is 0 Å². The molecule has 1 aromatic carbocycles. The van der Waals surface area contributed by atoms with Crippen LogP contribution in [0.25, 0.3) is 10.9 Å². The quantitative estimate of drug-likeness (QED) is 0.852. The van der Waals surface area contributed by atoms with Crippen molar-refractivity contribution < 1.29 is 4.74 Å². The largest absolute Gasteiger partial charge is 0.497 e. The minimum atomic E-state index is 0.831. The molecule has 0 aliphatic carbocycles. The fourth-order valence-corrected chi connectivity index (χ4v) is 2.68. The lowest BCUT2D eigenvalue weighted by Crippen LogP contribution is -2.46. The van der Waals surface area contributed by atoms with Gasteiger partial charge in [-0.15, -0.1) is 0 Å². The number of likely N-dealkylation sites (N-methyl/N-ethyl adjacent to an activating group) is 1. The smallest absolute Gasteiger partial charge is 0.139 e. The Labute approximate surface area is 119 Å². The topological polar surface area (TPSA) is 41.5 Å². The average molecular weight is 272 g/mol. The maximum Gasteiger partial charge on any atom is 0.139 e. The Kier molecular flexibility index (Phi) is 3.69. The predicted molar refractivity (Wildman–Crippen MR) is 80.4 cm³/mol. The van der Waals surface area contributed by atoms with Crippen LogP contribution in [0.5, 0.6) is 5.75 Å². The van der Waals surface area contributed by atoms with Gasteiger partial charge in [0.05, 0.1) is 12.6 Å². The summed E-state index contributed by atoms with van der Waals surface area (Å²) in [5, 5.41) is 1.10. The third kappa shape index (κ3) is 2.41. The molecular weight excluding hydrogens is 252 g/mol. The maximum absolute atomic E-state index is 5.26. The van der Waals surface area contributed by atoms with E-state index in [0.717, 1.165) is 55.2 Å². The van der Waals surface area contributed by atoms with E-state index in [2.05, 4.69) is 32.8 Å². The standard InChI is InChI=1S/C15H20N4O/c1-3-18-6-8-19(9-7-18)15-13-5-4-12(20-2)10-14(13)16-11-17-15/h4-5,10-11H,3,6-9H2,1-2H3. The Bertz CT molecular complexity index is 593. The Morgan fingerprint density at radius 2 is 1.95 bits per heavy atom. The summed E-state index contributed by atoms with van der Waals surface area (Å²) in [4.78, 5) is 13.7. The number of hydrogen-bond donors (Lipinski definition) is 0. The number of methoxy groups -OCH3 is 1. The summed E-state index contributed by atoms with van der Waals surface area (Å²) in [7, 11) is 1.67. The molecule has 0 saturated carbocycles. The molecule has 0 atom stereocenters. The van der Waals surface area contributed by atoms with Gasteiger partial charge in [0.25, 0.3) is 0 Å². The van der Waals surface area contributed by atoms with Crippen LogP contribution in [0.3, 0.4) is 0 Å². The highest BCUT2D eigenvalue weighted by molar-refractivity contribution is 5.90. The van der Waals surface area contributed by atoms with Gasteiger partial charge in [-0.3, -0.25) is 0 Å². The maximum atomic E-state index is 5.26. The van der Waals surface area contributed by atoms with Gasteiger partial charge in [-0.2, -0.15) is 0 Å². The van der Waals surface area contributed by atoms with Crippen molar-refractivity contribution in [1.29, 1.82) is 0 Å². The minimum Gasteiger partial charge on any atom is -0.497 e. The van der Waals surface area contributed by atoms with Gasteiger partial charge < -0.3 is 14.5 Å². The number of nitrogens with zero attached hydrogens (tertiary/aromatic N) is 4. The minimum absolute atomic E-state index is 0.831. The predicted octanol–water partition coefficient (Wildman–Crippen LogP) is 1.78. The normalized spacial score (nSPS) is 16.6. The Hall–Kier alpha value is -1.88. The molecular formula is C15H20N4O. The lowest BCUT2D eigenvalue weighted by Gasteiger charge is -2.35. The van der Waals surface area contributed by atoms with E-state index in [1.165, 1.54) is 0 Å². The van der Waals surface area contributed by atoms with E-state index < -0.39 is 0 Å². The van der Waals surface area contributed by atoms with Crippen LogP contribution in [0.4, 0.5) is 5.82 Å². The summed E-state index contributed by atoms with van der Waals surface area (Å²) in [6.45, 7) is 7.56. The van der Waals surface area contributed by atoms with Crippen LogP contribution < -0.4 is 9.64 Å². The van der Waals surface area contributed by atoms with E-state index in [-0.39, 0.29) is 0 Å². The van der Waals surface area contributed by atoms with Crippen molar-refractivity contribution in [1.82, 2.24) is 14.9 Å². The number of aromatic nitrogens is 2. The Morgan fingerprint density at radius 1 is 1.15 bits per heavy atom. The third-order valence-electron chi connectivity index (χ3n) is 3.94. The number of benzene rings is 1. The molecule has 1 aliphatic heterocycles. The molecule has 1 fully saturated rings. The molecule has 0 spiro atoms. The van der Waals surface area contributed by atoms with Crippen LogP contribution in [0.15, 0.2) is 24.5 Å². The van der Waals surface area contributed by atoms with Gasteiger partial charge in [0.2, 0.25) is 0 Å². The molecule has 0 bridgehead atoms. The zero-order valence-electron chi connectivity index (χ0n) is 12.0. The number of ether oxygens (including phenoxy) is 1. The zero-order valence-corrected chi connectivity index (χ0v) is 12.0. The van der Waals surface area contributed by atoms with E-state index in [0.29, 0.717) is 0 Å². The Balaban J connectivity index is 1.92. The molecule has 106 valence electrons. The lowest BCUT2D eigenvalue weighted by atomic mass is 10.2. The third-order valence-corrected chi connectivity index (χ3v) is 3.94. The number of hydrogen-bond acceptors (Lipinski definition) is 5. The molecule has 0 N–H and O–H groups in total. The van der Waals surface area contributed by atoms with Crippen molar-refractivity contribution in [2.45, 2.75) is 6.92 Å². The van der Waals surface area contributed by atoms with Crippen molar-refractivity contribution >= 4 is 16.7 Å². The van der Waals surface area contributed by atoms with E-state index >= 15 is 0 Å². The molecule has 0 amide bonds. The van der Waals surface area contributed by atoms with Gasteiger partial charge >= 0.3 is 0 Å². The van der Waals surface area contributed by atoms with E-state index in [1.807, 2.05) is 12.1 Å². The van der Waals surface area contributed by atoms with Gasteiger partial charge in [0.15, 0.2) is 0 Å². The first-order valence-corrected chi connectivity index (χ1v) is 7.08. The second-order valence-corrected chi connectivity index (χ2v) is 5.00. The van der Waals surface area contributed by atoms with Gasteiger partial charge in [-0.05, 0) is 18.7 Å². The summed E-state index contributed by atoms with van der Waals surface area (Å²) in [5.74, 6) is 1.87. The van der Waals surface area contributed by atoms with Crippen LogP contribution in [0.2, 0.25) is 0 Å². The monoisotopic (exact) mass is 272 g/mol. The highest BCUT2D eigenvalue weighted by Crippen LogP contribution is 2.26. The van der Waals surface area contributed by atoms with Crippen LogP contribution >= 0.6 is 0 Å². The van der Waals surface area contributed by atoms with E-state index in [4.69, 9.17) is 4.74 Å². The number of piperazine rings is 1. The van der Waals surface area contributed by atoms with Crippen molar-refractivity contribution in [3.63, 3.8) is 0 Å². The Morgan fingerprint density at radius 3 is 2.65 bits per heavy atom. The van der Waals surface area contributed by atoms with Crippen LogP contribution in [-0.4, -0.2) is 54.7 Å². The molecule has 20 heavy (non-hydrogen) atoms. The molecule has 5 heteroatoms. The summed E-state index contributed by atoms with van der Waals surface area (Å²) in [5.41, 5.74) is 0.937. The lowest BCUT2D eigenvalue weighted by molar-refractivity contribution is 0.271. The van der Waals surface area contributed by atoms with Gasteiger partial charge in [0, 0.05) is 37.6 Å². The van der Waals surface area contributed by atoms with Crippen molar-refractivity contribution in [3.8, 4) is 5.75 Å². The zero-order chi connectivity index (χ0) is 13.9. The molecule has 5 nitrogen and oxygen atoms in total. The fraction of sp³-hybridized carbons (Fsp3) is 0.467. The molecule has 2 aromatic rings. The van der Waals surface area contributed by atoms with Gasteiger partial charge in [-0.25, -0.2) is 9.97 Å². The van der Waals surface area contributed by atoms with Gasteiger partial charge in [-0.1, -0.05) is 6.92 Å². The van der Waals surface area contributed by atoms with Gasteiger partial charge in [0.1, 0.15) is 17.9 Å². The molecule has 2 heterocycles. The summed E-state index contributed by atoms with van der Waals surface area (Å²) in [6, 6.07) is 5.98. The fourth-order valence-electron chi connectivity index (χ4n) is 2.68. The first-order chi connectivity index (χ1) is 9.81. The molecule has 0 unspecified atom stereocenters. The van der Waals surface area contributed by atoms with Crippen molar-refractivity contribution in [2.75, 3.05) is 44.7 Å². The van der Waals surface area contributed by atoms with E-state index in [9.17, 15) is 0 Å². The molecule has 0 radical (unpaired) electrons. The first kappa shape index (κ1) is 13.1. The SMILES string of the molecule is CCN1CCN(c2ncnc3cc(OC)ccc23)CC1. The number of fused-ring (bicyclic) bond motifs is 1. The van der Waals surface area contributed by atoms with Crippen molar-refractivity contribution in [3.05, 3.63) is 24.5 Å². The molecule has 1 aromatic heterocycles. The van der Waals surface area contributed by atoms with Crippen LogP contribution in [-0.2, 0) is 0 Å². The molecule has 1 saturated heterocycles. The second-order valence-electron chi connectivity index (χ2n) is 5.00. The van der Waals surface area contributed by atoms with Crippen LogP contribution in [0.1, 0.15) is 6.92 Å². The second kappa shape index (κ2) is 5.63. The average Bonchev–Trinajstić information content (AvgIpc) is 2.54. The van der Waals surface area contributed by atoms with Crippen LogP contribution in [0, 0.1) is 0 Å². The highest BCUT2D eigenvalue weighted by Gasteiger charge is 2.18.